The first-order chi connectivity index (χ1) is 15.5. The molecule has 2 aliphatic rings. The second-order valence-electron chi connectivity index (χ2n) is 8.69. The number of benzene rings is 1. The summed E-state index contributed by atoms with van der Waals surface area (Å²) in [6.45, 7) is 3.95. The number of aryl methyl sites for hydroxylation is 1. The van der Waals surface area contributed by atoms with Gasteiger partial charge in [-0.25, -0.2) is 0 Å². The maximum Gasteiger partial charge on any atom is 0.299 e. The van der Waals surface area contributed by atoms with E-state index in [-0.39, 0.29) is 23.6 Å². The van der Waals surface area contributed by atoms with Crippen LogP contribution in [-0.2, 0) is 11.8 Å². The number of para-hydroxylation sites is 2. The number of hydrogen-bond donors (Lipinski definition) is 0. The van der Waals surface area contributed by atoms with Crippen LogP contribution in [0.5, 0.6) is 5.75 Å². The number of anilines is 1. The summed E-state index contributed by atoms with van der Waals surface area (Å²) in [5, 5.41) is 0. The lowest BCUT2D eigenvalue weighted by Gasteiger charge is -2.35. The van der Waals surface area contributed by atoms with Crippen LogP contribution in [0.1, 0.15) is 31.4 Å². The van der Waals surface area contributed by atoms with E-state index >= 15 is 0 Å². The molecule has 1 amide bonds. The minimum atomic E-state index is -0.236. The van der Waals surface area contributed by atoms with Crippen LogP contribution >= 0.6 is 0 Å². The highest BCUT2D eigenvalue weighted by molar-refractivity contribution is 5.86. The molecule has 0 N–H and O–H groups in total. The number of oxazole rings is 1. The average molecular weight is 437 g/mol. The van der Waals surface area contributed by atoms with Crippen molar-refractivity contribution in [2.75, 3.05) is 24.5 Å². The second-order valence-corrected chi connectivity index (χ2v) is 8.69. The van der Waals surface area contributed by atoms with Gasteiger partial charge in [0.1, 0.15) is 23.4 Å². The highest BCUT2D eigenvalue weighted by atomic mass is 16.5. The van der Waals surface area contributed by atoms with Gasteiger partial charge in [-0.3, -0.25) is 9.59 Å². The molecule has 5 rings (SSSR count). The quantitative estimate of drug-likeness (QED) is 0.626. The molecule has 0 aliphatic carbocycles. The van der Waals surface area contributed by atoms with Gasteiger partial charge in [0.2, 0.25) is 5.91 Å². The van der Waals surface area contributed by atoms with Crippen molar-refractivity contribution in [1.82, 2.24) is 14.5 Å². The third-order valence-electron chi connectivity index (χ3n) is 6.60. The number of hydrogen-bond acceptors (Lipinski definition) is 6. The monoisotopic (exact) mass is 436 g/mol. The number of amides is 1. The van der Waals surface area contributed by atoms with Crippen LogP contribution in [0.15, 0.2) is 45.6 Å². The van der Waals surface area contributed by atoms with Gasteiger partial charge in [0.25, 0.3) is 11.6 Å². The zero-order valence-electron chi connectivity index (χ0n) is 18.5. The summed E-state index contributed by atoms with van der Waals surface area (Å²) >= 11 is 0. The summed E-state index contributed by atoms with van der Waals surface area (Å²) in [7, 11) is 1.75. The largest absolute Gasteiger partial charge is 0.490 e. The van der Waals surface area contributed by atoms with Gasteiger partial charge in [0.15, 0.2) is 5.58 Å². The minimum absolute atomic E-state index is 0.00211. The summed E-state index contributed by atoms with van der Waals surface area (Å²) in [4.78, 5) is 33.9. The molecule has 4 heterocycles. The lowest BCUT2D eigenvalue weighted by Crippen LogP contribution is -2.50. The van der Waals surface area contributed by atoms with Gasteiger partial charge in [-0.15, -0.1) is 0 Å². The molecule has 8 nitrogen and oxygen atoms in total. The second kappa shape index (κ2) is 8.33. The zero-order chi connectivity index (χ0) is 22.2. The molecule has 1 aromatic carbocycles. The molecule has 1 unspecified atom stereocenters. The molecule has 2 fully saturated rings. The Hall–Kier alpha value is -3.29. The standard InChI is InChI=1S/C24H28N4O4/c1-16-14-18(15-22(29)26(16)2)31-17-9-12-27(13-10-17)23(30)20-7-5-11-28(20)24-25-19-6-3-4-8-21(19)32-24/h3-4,6,8,14-15,17,20H,5,7,9-13H2,1-2H3. The highest BCUT2D eigenvalue weighted by Crippen LogP contribution is 2.30. The number of rotatable bonds is 4. The number of ether oxygens (including phenoxy) is 1. The van der Waals surface area contributed by atoms with Crippen LogP contribution in [0.4, 0.5) is 6.01 Å². The maximum absolute atomic E-state index is 13.3. The van der Waals surface area contributed by atoms with E-state index in [2.05, 4.69) is 4.98 Å². The van der Waals surface area contributed by atoms with Crippen molar-refractivity contribution in [3.05, 3.63) is 52.4 Å². The van der Waals surface area contributed by atoms with Crippen molar-refractivity contribution in [3.8, 4) is 5.75 Å². The molecule has 3 aromatic rings. The number of carbonyl (C=O) groups is 1. The van der Waals surface area contributed by atoms with Crippen LogP contribution in [0, 0.1) is 6.92 Å². The molecule has 0 bridgehead atoms. The third-order valence-corrected chi connectivity index (χ3v) is 6.60. The Morgan fingerprint density at radius 2 is 1.91 bits per heavy atom. The Balaban J connectivity index is 1.22. The first kappa shape index (κ1) is 20.6. The first-order valence-electron chi connectivity index (χ1n) is 11.2. The van der Waals surface area contributed by atoms with Crippen LogP contribution in [0.25, 0.3) is 11.1 Å². The number of carbonyl (C=O) groups excluding carboxylic acids is 1. The topological polar surface area (TPSA) is 80.8 Å². The molecule has 1 atom stereocenters. The lowest BCUT2D eigenvalue weighted by atomic mass is 10.1. The molecule has 0 saturated carbocycles. The SMILES string of the molecule is Cc1cc(OC2CCN(C(=O)C3CCCN3c3nc4ccccc4o3)CC2)cc(=O)n1C. The molecule has 32 heavy (non-hydrogen) atoms. The Morgan fingerprint density at radius 1 is 1.12 bits per heavy atom. The Morgan fingerprint density at radius 3 is 2.66 bits per heavy atom. The summed E-state index contributed by atoms with van der Waals surface area (Å²) in [6.07, 6.45) is 3.24. The van der Waals surface area contributed by atoms with E-state index in [4.69, 9.17) is 9.15 Å². The third kappa shape index (κ3) is 3.85. The average Bonchev–Trinajstić information content (AvgIpc) is 3.44. The van der Waals surface area contributed by atoms with E-state index in [9.17, 15) is 9.59 Å². The number of pyridine rings is 1. The molecule has 2 aliphatic heterocycles. The van der Waals surface area contributed by atoms with Crippen LogP contribution in [0.2, 0.25) is 0 Å². The fourth-order valence-corrected chi connectivity index (χ4v) is 4.64. The van der Waals surface area contributed by atoms with Crippen molar-refractivity contribution < 1.29 is 13.9 Å². The zero-order valence-corrected chi connectivity index (χ0v) is 18.5. The molecule has 8 heteroatoms. The van der Waals surface area contributed by atoms with Gasteiger partial charge in [-0.2, -0.15) is 4.98 Å². The van der Waals surface area contributed by atoms with Gasteiger partial charge in [0.05, 0.1) is 0 Å². The predicted molar refractivity (Wildman–Crippen MR) is 121 cm³/mol. The van der Waals surface area contributed by atoms with Crippen molar-refractivity contribution in [3.63, 3.8) is 0 Å². The van der Waals surface area contributed by atoms with Crippen LogP contribution in [-0.4, -0.2) is 52.1 Å². The number of piperidine rings is 1. The van der Waals surface area contributed by atoms with Gasteiger partial charge in [-0.1, -0.05) is 12.1 Å². The van der Waals surface area contributed by atoms with E-state index in [1.807, 2.05) is 47.1 Å². The van der Waals surface area contributed by atoms with Gasteiger partial charge < -0.3 is 23.5 Å². The number of fused-ring (bicyclic) bond motifs is 1. The smallest absolute Gasteiger partial charge is 0.299 e. The maximum atomic E-state index is 13.3. The highest BCUT2D eigenvalue weighted by Gasteiger charge is 2.37. The summed E-state index contributed by atoms with van der Waals surface area (Å²) in [5.74, 6) is 0.737. The first-order valence-corrected chi connectivity index (χ1v) is 11.2. The van der Waals surface area contributed by atoms with Gasteiger partial charge in [-0.05, 0) is 38.0 Å². The summed E-state index contributed by atoms with van der Waals surface area (Å²) < 4.78 is 13.6. The molecule has 2 aromatic heterocycles. The van der Waals surface area contributed by atoms with E-state index < -0.39 is 0 Å². The fraction of sp³-hybridized carbons (Fsp3) is 0.458. The number of nitrogens with zero attached hydrogens (tertiary/aromatic N) is 4. The van der Waals surface area contributed by atoms with Crippen molar-refractivity contribution >= 4 is 23.0 Å². The van der Waals surface area contributed by atoms with Crippen molar-refractivity contribution in [2.45, 2.75) is 44.8 Å². The lowest BCUT2D eigenvalue weighted by molar-refractivity contribution is -0.134. The summed E-state index contributed by atoms with van der Waals surface area (Å²) in [6, 6.07) is 11.4. The predicted octanol–water partition coefficient (Wildman–Crippen LogP) is 2.87. The molecule has 0 spiro atoms. The molecule has 168 valence electrons. The summed E-state index contributed by atoms with van der Waals surface area (Å²) in [5.41, 5.74) is 2.34. The van der Waals surface area contributed by atoms with E-state index in [1.54, 1.807) is 11.6 Å². The Kier molecular flexibility index (Phi) is 5.36. The number of likely N-dealkylation sites (tertiary alicyclic amines) is 1. The van der Waals surface area contributed by atoms with E-state index in [0.717, 1.165) is 49.0 Å². The van der Waals surface area contributed by atoms with Gasteiger partial charge in [0, 0.05) is 51.3 Å². The van der Waals surface area contributed by atoms with Gasteiger partial charge >= 0.3 is 0 Å². The minimum Gasteiger partial charge on any atom is -0.490 e. The van der Waals surface area contributed by atoms with E-state index in [0.29, 0.717) is 24.9 Å². The molecular weight excluding hydrogens is 408 g/mol. The van der Waals surface area contributed by atoms with Crippen LogP contribution < -0.4 is 15.2 Å². The fourth-order valence-electron chi connectivity index (χ4n) is 4.64. The molecule has 0 radical (unpaired) electrons. The Labute approximate surface area is 186 Å². The van der Waals surface area contributed by atoms with E-state index in [1.165, 1.54) is 6.07 Å². The molecule has 2 saturated heterocycles. The van der Waals surface area contributed by atoms with Crippen molar-refractivity contribution in [1.29, 1.82) is 0 Å². The molecular formula is C24H28N4O4. The Bertz CT molecular complexity index is 1160. The van der Waals surface area contributed by atoms with Crippen LogP contribution in [0.3, 0.4) is 0 Å². The number of aromatic nitrogens is 2. The van der Waals surface area contributed by atoms with Crippen molar-refractivity contribution in [2.24, 2.45) is 7.05 Å². The normalized spacial score (nSPS) is 19.6.